The number of fused-ring (bicyclic) bond motifs is 1. The van der Waals surface area contributed by atoms with Crippen molar-refractivity contribution < 1.29 is 19.4 Å². The van der Waals surface area contributed by atoms with Gasteiger partial charge in [0.25, 0.3) is 0 Å². The summed E-state index contributed by atoms with van der Waals surface area (Å²) in [4.78, 5) is 22.2. The van der Waals surface area contributed by atoms with E-state index in [1.54, 1.807) is 18.2 Å². The van der Waals surface area contributed by atoms with Crippen LogP contribution in [0.25, 0.3) is 10.9 Å². The highest BCUT2D eigenvalue weighted by Crippen LogP contribution is 2.20. The Labute approximate surface area is 107 Å². The lowest BCUT2D eigenvalue weighted by atomic mass is 10.2. The van der Waals surface area contributed by atoms with Crippen LogP contribution in [0.3, 0.4) is 0 Å². The summed E-state index contributed by atoms with van der Waals surface area (Å²) in [6.07, 6.45) is 0.841. The fourth-order valence-corrected chi connectivity index (χ4v) is 1.55. The summed E-state index contributed by atoms with van der Waals surface area (Å²) >= 11 is 0. The molecule has 1 amide bonds. The van der Waals surface area contributed by atoms with Gasteiger partial charge in [-0.25, -0.2) is 9.59 Å². The molecule has 3 N–H and O–H groups in total. The van der Waals surface area contributed by atoms with Gasteiger partial charge in [0.2, 0.25) is 0 Å². The Morgan fingerprint density at radius 3 is 3.00 bits per heavy atom. The number of ether oxygens (including phenoxy) is 1. The molecule has 0 radical (unpaired) electrons. The number of benzene rings is 1. The summed E-state index contributed by atoms with van der Waals surface area (Å²) in [5.41, 5.74) is 0.928. The normalized spacial score (nSPS) is 10.1. The summed E-state index contributed by atoms with van der Waals surface area (Å²) < 4.78 is 4.76. The molecule has 1 aromatic heterocycles. The fraction of sp³-hybridized carbons (Fsp3) is 0.0833. The smallest absolute Gasteiger partial charge is 0.411 e. The molecule has 0 atom stereocenters. The first-order chi connectivity index (χ1) is 9.11. The Balaban J connectivity index is 2.20. The molecule has 2 rings (SSSR count). The molecule has 7 heteroatoms. The van der Waals surface area contributed by atoms with E-state index in [1.165, 1.54) is 6.08 Å². The van der Waals surface area contributed by atoms with Crippen molar-refractivity contribution >= 4 is 28.7 Å². The van der Waals surface area contributed by atoms with Gasteiger partial charge < -0.3 is 9.84 Å². The molecule has 7 nitrogen and oxygen atoms in total. The predicted octanol–water partition coefficient (Wildman–Crippen LogP) is 2.00. The first kappa shape index (κ1) is 12.6. The van der Waals surface area contributed by atoms with Gasteiger partial charge in [-0.2, -0.15) is 5.10 Å². The van der Waals surface area contributed by atoms with Gasteiger partial charge in [0, 0.05) is 11.1 Å². The molecule has 19 heavy (non-hydrogen) atoms. The molecule has 0 saturated carbocycles. The molecule has 2 aromatic rings. The van der Waals surface area contributed by atoms with E-state index in [1.807, 2.05) is 0 Å². The van der Waals surface area contributed by atoms with Gasteiger partial charge in [0.05, 0.1) is 5.52 Å². The molecule has 0 aliphatic rings. The molecule has 98 valence electrons. The molecule has 1 heterocycles. The zero-order valence-electron chi connectivity index (χ0n) is 9.84. The number of hydrogen-bond donors (Lipinski definition) is 3. The number of carboxylic acid groups (broad SMARTS) is 1. The first-order valence-electron chi connectivity index (χ1n) is 5.38. The van der Waals surface area contributed by atoms with E-state index in [-0.39, 0.29) is 12.3 Å². The third kappa shape index (κ3) is 2.71. The quantitative estimate of drug-likeness (QED) is 0.730. The number of anilines is 1. The molecule has 0 bridgehead atoms. The van der Waals surface area contributed by atoms with Crippen LogP contribution in [0.4, 0.5) is 10.5 Å². The third-order valence-electron chi connectivity index (χ3n) is 2.34. The van der Waals surface area contributed by atoms with Crippen LogP contribution >= 0.6 is 0 Å². The molecule has 0 saturated heterocycles. The second kappa shape index (κ2) is 5.21. The van der Waals surface area contributed by atoms with E-state index in [9.17, 15) is 9.59 Å². The molecule has 0 fully saturated rings. The number of H-pyrrole nitrogens is 1. The van der Waals surface area contributed by atoms with Crippen LogP contribution < -0.4 is 5.32 Å². The number of amides is 1. The number of aromatic amines is 1. The number of hydrogen-bond acceptors (Lipinski definition) is 4. The molecule has 0 aliphatic heterocycles. The van der Waals surface area contributed by atoms with Gasteiger partial charge in [0.1, 0.15) is 6.61 Å². The number of carbonyl (C=O) groups excluding carboxylic acids is 1. The van der Waals surface area contributed by atoms with Crippen molar-refractivity contribution in [3.8, 4) is 0 Å². The third-order valence-corrected chi connectivity index (χ3v) is 2.34. The van der Waals surface area contributed by atoms with Crippen molar-refractivity contribution in [2.45, 2.75) is 0 Å². The molecule has 0 aliphatic carbocycles. The lowest BCUT2D eigenvalue weighted by molar-refractivity contribution is 0.0692. The summed E-state index contributed by atoms with van der Waals surface area (Å²) in [6, 6.07) is 4.70. The minimum Gasteiger partial charge on any atom is -0.476 e. The van der Waals surface area contributed by atoms with Crippen LogP contribution in [0.5, 0.6) is 0 Å². The monoisotopic (exact) mass is 261 g/mol. The Bertz CT molecular complexity index is 647. The van der Waals surface area contributed by atoms with E-state index in [2.05, 4.69) is 22.1 Å². The summed E-state index contributed by atoms with van der Waals surface area (Å²) in [7, 11) is 0. The highest BCUT2D eigenvalue weighted by molar-refractivity contribution is 6.02. The van der Waals surface area contributed by atoms with Crippen molar-refractivity contribution in [3.05, 3.63) is 36.5 Å². The number of nitrogens with one attached hydrogen (secondary N) is 2. The second-order valence-electron chi connectivity index (χ2n) is 3.65. The lowest BCUT2D eigenvalue weighted by Gasteiger charge is -2.04. The number of nitrogens with zero attached hydrogens (tertiary/aromatic N) is 1. The van der Waals surface area contributed by atoms with Gasteiger partial charge in [0.15, 0.2) is 5.69 Å². The van der Waals surface area contributed by atoms with E-state index in [4.69, 9.17) is 9.84 Å². The number of carboxylic acids is 1. The maximum atomic E-state index is 11.3. The minimum atomic E-state index is -1.11. The van der Waals surface area contributed by atoms with Crippen molar-refractivity contribution in [2.75, 3.05) is 11.9 Å². The molecule has 0 spiro atoms. The van der Waals surface area contributed by atoms with Crippen LogP contribution in [-0.4, -0.2) is 34.0 Å². The highest BCUT2D eigenvalue weighted by Gasteiger charge is 2.13. The number of rotatable bonds is 4. The average Bonchev–Trinajstić information content (AvgIpc) is 2.79. The fourth-order valence-electron chi connectivity index (χ4n) is 1.55. The van der Waals surface area contributed by atoms with Crippen LogP contribution in [0.1, 0.15) is 10.5 Å². The maximum Gasteiger partial charge on any atom is 0.411 e. The van der Waals surface area contributed by atoms with Crippen molar-refractivity contribution in [2.24, 2.45) is 0 Å². The molecule has 0 unspecified atom stereocenters. The van der Waals surface area contributed by atoms with E-state index >= 15 is 0 Å². The highest BCUT2D eigenvalue weighted by atomic mass is 16.5. The standard InChI is InChI=1S/C12H11N3O4/c1-2-5-19-12(18)13-7-3-4-8-9(6-7)14-15-10(8)11(16)17/h2-4,6H,1,5H2,(H,13,18)(H,14,15)(H,16,17). The van der Waals surface area contributed by atoms with Crippen molar-refractivity contribution in [3.63, 3.8) is 0 Å². The van der Waals surface area contributed by atoms with Crippen molar-refractivity contribution in [1.29, 1.82) is 0 Å². The van der Waals surface area contributed by atoms with Gasteiger partial charge in [-0.3, -0.25) is 10.4 Å². The second-order valence-corrected chi connectivity index (χ2v) is 3.65. The lowest BCUT2D eigenvalue weighted by Crippen LogP contribution is -2.13. The minimum absolute atomic E-state index is 0.0595. The zero-order chi connectivity index (χ0) is 13.8. The Morgan fingerprint density at radius 1 is 1.53 bits per heavy atom. The van der Waals surface area contributed by atoms with E-state index < -0.39 is 12.1 Å². The summed E-state index contributed by atoms with van der Waals surface area (Å²) in [6.45, 7) is 3.54. The SMILES string of the molecule is C=CCOC(=O)Nc1ccc2c(C(=O)O)n[nH]c2c1. The Hall–Kier alpha value is -2.83. The number of carbonyl (C=O) groups is 2. The van der Waals surface area contributed by atoms with Crippen LogP contribution in [-0.2, 0) is 4.74 Å². The topological polar surface area (TPSA) is 104 Å². The van der Waals surface area contributed by atoms with Gasteiger partial charge in [-0.1, -0.05) is 12.7 Å². The van der Waals surface area contributed by atoms with Crippen LogP contribution in [0.2, 0.25) is 0 Å². The first-order valence-corrected chi connectivity index (χ1v) is 5.38. The Kier molecular flexibility index (Phi) is 3.46. The van der Waals surface area contributed by atoms with Gasteiger partial charge in [-0.05, 0) is 18.2 Å². The number of aromatic carboxylic acids is 1. The number of aromatic nitrogens is 2. The van der Waals surface area contributed by atoms with Crippen LogP contribution in [0.15, 0.2) is 30.9 Å². The molecular weight excluding hydrogens is 250 g/mol. The largest absolute Gasteiger partial charge is 0.476 e. The van der Waals surface area contributed by atoms with Crippen molar-refractivity contribution in [1.82, 2.24) is 10.2 Å². The van der Waals surface area contributed by atoms with Gasteiger partial charge in [-0.15, -0.1) is 0 Å². The zero-order valence-corrected chi connectivity index (χ0v) is 9.84. The van der Waals surface area contributed by atoms with Gasteiger partial charge >= 0.3 is 12.1 Å². The Morgan fingerprint density at radius 2 is 2.32 bits per heavy atom. The average molecular weight is 261 g/mol. The van der Waals surface area contributed by atoms with Crippen LogP contribution in [0, 0.1) is 0 Å². The predicted molar refractivity (Wildman–Crippen MR) is 68.2 cm³/mol. The van der Waals surface area contributed by atoms with E-state index in [0.717, 1.165) is 0 Å². The summed E-state index contributed by atoms with van der Waals surface area (Å²) in [5.74, 6) is -1.11. The maximum absolute atomic E-state index is 11.3. The molecule has 1 aromatic carbocycles. The summed E-state index contributed by atoms with van der Waals surface area (Å²) in [5, 5.41) is 18.1. The molecular formula is C12H11N3O4. The van der Waals surface area contributed by atoms with E-state index in [0.29, 0.717) is 16.6 Å².